The first-order valence-corrected chi connectivity index (χ1v) is 26.1. The lowest BCUT2D eigenvalue weighted by atomic mass is 9.61. The molecule has 1 aliphatic carbocycles. The molecule has 4 heterocycles. The number of esters is 1. The van der Waals surface area contributed by atoms with E-state index in [0.29, 0.717) is 51.5 Å². The van der Waals surface area contributed by atoms with E-state index in [0.717, 1.165) is 17.5 Å². The topological polar surface area (TPSA) is 334 Å². The number of nitrogens with one attached hydrogen (secondary N) is 2. The van der Waals surface area contributed by atoms with E-state index in [1.807, 2.05) is 52.0 Å². The van der Waals surface area contributed by atoms with Gasteiger partial charge < -0.3 is 90.7 Å². The van der Waals surface area contributed by atoms with Crippen LogP contribution < -0.4 is 35.3 Å². The number of carbonyl (C=O) groups excluding carboxylic acids is 1. The largest absolute Gasteiger partial charge is 0.504 e. The Morgan fingerprint density at radius 2 is 1.78 bits per heavy atom. The average molecular weight is 1060 g/mol. The Morgan fingerprint density at radius 3 is 2.46 bits per heavy atom. The number of methoxy groups -OCH3 is 1. The third kappa shape index (κ3) is 10.1. The zero-order valence-corrected chi connectivity index (χ0v) is 43.5. The summed E-state index contributed by atoms with van der Waals surface area (Å²) in [6.45, 7) is 7.37. The molecule has 2 spiro atoms. The highest BCUT2D eigenvalue weighted by Gasteiger charge is 2.67. The van der Waals surface area contributed by atoms with Crippen molar-refractivity contribution < 1.29 is 84.0 Å². The quantitative estimate of drug-likeness (QED) is 0.0322. The second-order valence-corrected chi connectivity index (χ2v) is 20.9. The van der Waals surface area contributed by atoms with Gasteiger partial charge in [-0.3, -0.25) is 0 Å². The maximum absolute atomic E-state index is 14.4. The number of rotatable bonds is 16. The minimum absolute atomic E-state index is 0.0148. The van der Waals surface area contributed by atoms with Crippen LogP contribution in [0.25, 0.3) is 0 Å². The Morgan fingerprint density at radius 1 is 1.04 bits per heavy atom. The number of unbranched alkanes of at least 4 members (excludes halogenated alkanes) is 1. The van der Waals surface area contributed by atoms with Gasteiger partial charge in [-0.1, -0.05) is 69.7 Å². The number of phenols is 2. The van der Waals surface area contributed by atoms with Gasteiger partial charge in [-0.05, 0) is 68.9 Å². The first-order chi connectivity index (χ1) is 36.3. The SMILES string of the molecule is CCc1cccc(CCOc2c(O)c(OC)c3c(c2O)C(=O)O[C@@H](O)[C@@]2(CC3)O[C@H]3Oc4c(OCN=C(N)NCCCCO)cc(C(=O)O)c5c4C4(CCCC4)[C@H](C#CC[C@@](O)([C@H]3O)[C@@H]2O)[C@H]([C@H](O)C(C)C)[C@@H](C)N5)c1. The van der Waals surface area contributed by atoms with Gasteiger partial charge in [-0.15, -0.1) is 0 Å². The average Bonchev–Trinajstić information content (AvgIpc) is 3.85. The molecular weight excluding hydrogens is 989 g/mol. The molecule has 4 aliphatic heterocycles. The van der Waals surface area contributed by atoms with Crippen LogP contribution in [0.4, 0.5) is 5.69 Å². The van der Waals surface area contributed by atoms with Crippen molar-refractivity contribution in [2.45, 2.75) is 152 Å². The number of hydrogen-bond donors (Lipinski definition) is 12. The number of carboxylic acids is 1. The molecule has 414 valence electrons. The second-order valence-electron chi connectivity index (χ2n) is 20.9. The normalized spacial score (nSPS) is 28.0. The summed E-state index contributed by atoms with van der Waals surface area (Å²) in [6, 6.07) is 8.37. The lowest BCUT2D eigenvalue weighted by molar-refractivity contribution is -0.381. The minimum atomic E-state index is -2.77. The fourth-order valence-electron chi connectivity index (χ4n) is 12.0. The summed E-state index contributed by atoms with van der Waals surface area (Å²) in [6.07, 6.45) is -7.45. The monoisotopic (exact) mass is 1060 g/mol. The van der Waals surface area contributed by atoms with Crippen LogP contribution in [0.5, 0.6) is 34.5 Å². The molecule has 2 fully saturated rings. The molecule has 0 radical (unpaired) electrons. The smallest absolute Gasteiger partial charge is 0.344 e. The minimum Gasteiger partial charge on any atom is -0.504 e. The number of benzene rings is 3. The van der Waals surface area contributed by atoms with E-state index in [9.17, 15) is 55.5 Å². The number of carboxylic acid groups (broad SMARTS) is 1. The number of hydrogen-bond acceptors (Lipinski definition) is 18. The Kier molecular flexibility index (Phi) is 16.8. The third-order valence-electron chi connectivity index (χ3n) is 16.0. The van der Waals surface area contributed by atoms with Crippen molar-refractivity contribution in [2.75, 3.05) is 38.9 Å². The summed E-state index contributed by atoms with van der Waals surface area (Å²) in [4.78, 5) is 32.1. The van der Waals surface area contributed by atoms with Gasteiger partial charge >= 0.3 is 11.9 Å². The number of aromatic hydroxyl groups is 2. The number of aliphatic imine (C=N–C) groups is 1. The van der Waals surface area contributed by atoms with Crippen molar-refractivity contribution in [2.24, 2.45) is 28.5 Å². The van der Waals surface area contributed by atoms with Crippen LogP contribution in [0.3, 0.4) is 0 Å². The van der Waals surface area contributed by atoms with Gasteiger partial charge in [0, 0.05) is 66.5 Å². The van der Waals surface area contributed by atoms with Gasteiger partial charge in [0.2, 0.25) is 24.1 Å². The lowest BCUT2D eigenvalue weighted by Crippen LogP contribution is -2.75. The number of aryl methyl sites for hydroxylation is 1. The lowest BCUT2D eigenvalue weighted by Gasteiger charge is -2.54. The van der Waals surface area contributed by atoms with Gasteiger partial charge in [-0.2, -0.15) is 0 Å². The molecule has 3 aromatic carbocycles. The fourth-order valence-corrected chi connectivity index (χ4v) is 12.0. The number of aliphatic hydroxyl groups excluding tert-OH is 5. The molecule has 1 saturated carbocycles. The molecule has 5 aliphatic rings. The predicted octanol–water partition coefficient (Wildman–Crippen LogP) is 3.33. The Hall–Kier alpha value is -6.25. The van der Waals surface area contributed by atoms with E-state index in [2.05, 4.69) is 27.5 Å². The molecule has 13 N–H and O–H groups in total. The first kappa shape index (κ1) is 56.0. The van der Waals surface area contributed by atoms with Crippen molar-refractivity contribution in [1.29, 1.82) is 0 Å². The van der Waals surface area contributed by atoms with E-state index in [4.69, 9.17) is 34.2 Å². The predicted molar refractivity (Wildman–Crippen MR) is 275 cm³/mol. The van der Waals surface area contributed by atoms with Crippen LogP contribution in [0.1, 0.15) is 122 Å². The number of anilines is 1. The van der Waals surface area contributed by atoms with Crippen LogP contribution in [-0.2, 0) is 34.2 Å². The maximum atomic E-state index is 14.4. The van der Waals surface area contributed by atoms with Crippen LogP contribution >= 0.6 is 0 Å². The van der Waals surface area contributed by atoms with Crippen LogP contribution in [0.15, 0.2) is 35.3 Å². The van der Waals surface area contributed by atoms with Crippen molar-refractivity contribution in [1.82, 2.24) is 5.32 Å². The Balaban J connectivity index is 1.26. The fraction of sp³-hybridized carbons (Fsp3) is 0.582. The highest BCUT2D eigenvalue weighted by Crippen LogP contribution is 2.61. The number of guanidine groups is 1. The van der Waals surface area contributed by atoms with E-state index in [1.54, 1.807) is 0 Å². The molecule has 3 aromatic rings. The Labute approximate surface area is 441 Å². The number of nitrogens with zero attached hydrogens (tertiary/aromatic N) is 1. The number of aliphatic hydroxyl groups is 6. The first-order valence-electron chi connectivity index (χ1n) is 26.1. The number of nitrogens with two attached hydrogens (primary N) is 1. The van der Waals surface area contributed by atoms with E-state index >= 15 is 0 Å². The number of aromatic carboxylic acids is 1. The maximum Gasteiger partial charge on any atom is 0.344 e. The number of carbonyl (C=O) groups is 2. The van der Waals surface area contributed by atoms with E-state index in [1.165, 1.54) is 13.2 Å². The molecule has 0 amide bonds. The molecule has 10 atom stereocenters. The Bertz CT molecular complexity index is 2740. The summed E-state index contributed by atoms with van der Waals surface area (Å²) in [5.74, 6) is -0.813. The molecule has 0 aromatic heterocycles. The molecule has 0 unspecified atom stereocenters. The van der Waals surface area contributed by atoms with E-state index < -0.39 is 126 Å². The molecular formula is C55H72N4O17. The van der Waals surface area contributed by atoms with Gasteiger partial charge in [0.1, 0.15) is 23.4 Å². The summed E-state index contributed by atoms with van der Waals surface area (Å²) < 4.78 is 36.8. The molecule has 4 bridgehead atoms. The standard InChI is InChI=1S/C55H72N4O17/c1-6-30-13-11-14-31(25-30)17-24-72-45-41(62)37-32(43(71-5)42(45)63)16-21-55(51(69)75-48(37)67)50(68)54(70)20-12-15-34-36(40(61)28(2)3)29(4)59-39-33(47(65)66)26-35(73-27-58-52(56)57-22-9-10-23-60)44(74-49(76-55)46(54)64)38(39)53(34)18-7-8-19-53/h11,13-14,25-26,28-29,34,36,40,46,49-51,59-64,68-70H,6-10,16-24,27H2,1-5H3,(H,65,66)(H3,56,57,58)/t29-,34-,36-,40-,46+,49-,50+,51-,54-,55+/m1/s1. The van der Waals surface area contributed by atoms with Crippen LogP contribution in [0.2, 0.25) is 0 Å². The summed E-state index contributed by atoms with van der Waals surface area (Å²) in [5, 5.41) is 112. The van der Waals surface area contributed by atoms with E-state index in [-0.39, 0.29) is 64.7 Å². The number of fused-ring (bicyclic) bond motifs is 3. The van der Waals surface area contributed by atoms with Gasteiger partial charge in [-0.25, -0.2) is 14.6 Å². The van der Waals surface area contributed by atoms with Gasteiger partial charge in [0.05, 0.1) is 31.1 Å². The number of cyclic esters (lactones) is 1. The molecule has 8 rings (SSSR count). The molecule has 1 saturated heterocycles. The van der Waals surface area contributed by atoms with Crippen molar-refractivity contribution in [3.8, 4) is 46.3 Å². The third-order valence-corrected chi connectivity index (χ3v) is 16.0. The summed E-state index contributed by atoms with van der Waals surface area (Å²) >= 11 is 0. The molecule has 21 nitrogen and oxygen atoms in total. The van der Waals surface area contributed by atoms with Crippen molar-refractivity contribution in [3.05, 3.63) is 63.7 Å². The summed E-state index contributed by atoms with van der Waals surface area (Å²) in [5.41, 5.74) is 1.20. The number of phenolic OH excluding ortho intramolecular Hbond substituents is 2. The highest BCUT2D eigenvalue weighted by atomic mass is 16.7. The molecule has 21 heteroatoms. The number of ether oxygens (including phenoxy) is 6. The summed E-state index contributed by atoms with van der Waals surface area (Å²) in [7, 11) is 1.21. The second kappa shape index (κ2) is 22.8. The van der Waals surface area contributed by atoms with Crippen molar-refractivity contribution in [3.63, 3.8) is 0 Å². The zero-order valence-electron chi connectivity index (χ0n) is 43.5. The van der Waals surface area contributed by atoms with Crippen LogP contribution in [0, 0.1) is 29.6 Å². The van der Waals surface area contributed by atoms with Crippen molar-refractivity contribution >= 4 is 23.6 Å². The molecule has 76 heavy (non-hydrogen) atoms. The van der Waals surface area contributed by atoms with Gasteiger partial charge in [0.25, 0.3) is 0 Å². The zero-order chi connectivity index (χ0) is 54.9. The van der Waals surface area contributed by atoms with Crippen LogP contribution in [-0.4, -0.2) is 146 Å². The van der Waals surface area contributed by atoms with Gasteiger partial charge in [0.15, 0.2) is 41.3 Å². The highest BCUT2D eigenvalue weighted by molar-refractivity contribution is 5.98.